The van der Waals surface area contributed by atoms with Crippen molar-refractivity contribution in [2.24, 2.45) is 0 Å². The van der Waals surface area contributed by atoms with E-state index in [1.54, 1.807) is 30.0 Å². The second kappa shape index (κ2) is 7.85. The van der Waals surface area contributed by atoms with Crippen LogP contribution in [0, 0.1) is 0 Å². The SMILES string of the molecule is CC1Oc2ccccc2N(CCC(=O)NCc2cn(CC(=O)O)nn2)C1=O. The fourth-order valence-electron chi connectivity index (χ4n) is 2.72. The molecule has 0 saturated carbocycles. The summed E-state index contributed by atoms with van der Waals surface area (Å²) in [7, 11) is 0. The van der Waals surface area contributed by atoms with E-state index in [0.717, 1.165) is 0 Å². The van der Waals surface area contributed by atoms with Crippen LogP contribution < -0.4 is 15.0 Å². The molecular weight excluding hydrogens is 354 g/mol. The normalized spacial score (nSPS) is 15.8. The number of anilines is 1. The molecule has 1 aromatic carbocycles. The molecule has 10 nitrogen and oxygen atoms in total. The van der Waals surface area contributed by atoms with E-state index < -0.39 is 12.1 Å². The van der Waals surface area contributed by atoms with Crippen LogP contribution in [0.4, 0.5) is 5.69 Å². The number of nitrogens with one attached hydrogen (secondary N) is 1. The number of aromatic nitrogens is 3. The number of carbonyl (C=O) groups is 3. The van der Waals surface area contributed by atoms with Crippen LogP contribution in [0.3, 0.4) is 0 Å². The van der Waals surface area contributed by atoms with Gasteiger partial charge in [0, 0.05) is 13.0 Å². The van der Waals surface area contributed by atoms with Crippen LogP contribution in [0.25, 0.3) is 0 Å². The van der Waals surface area contributed by atoms with Crippen LogP contribution in [0.5, 0.6) is 5.75 Å². The first-order chi connectivity index (χ1) is 12.9. The monoisotopic (exact) mass is 373 g/mol. The van der Waals surface area contributed by atoms with Crippen LogP contribution in [-0.2, 0) is 27.5 Å². The van der Waals surface area contributed by atoms with Crippen LogP contribution in [-0.4, -0.2) is 50.5 Å². The zero-order chi connectivity index (χ0) is 19.4. The van der Waals surface area contributed by atoms with Gasteiger partial charge in [0.15, 0.2) is 6.10 Å². The van der Waals surface area contributed by atoms with Gasteiger partial charge in [0.05, 0.1) is 18.4 Å². The van der Waals surface area contributed by atoms with Crippen molar-refractivity contribution in [2.75, 3.05) is 11.4 Å². The Morgan fingerprint density at radius 1 is 1.33 bits per heavy atom. The molecule has 2 heterocycles. The van der Waals surface area contributed by atoms with Crippen LogP contribution in [0.2, 0.25) is 0 Å². The van der Waals surface area contributed by atoms with Crippen molar-refractivity contribution in [3.63, 3.8) is 0 Å². The van der Waals surface area contributed by atoms with Crippen LogP contribution in [0.1, 0.15) is 19.0 Å². The van der Waals surface area contributed by atoms with E-state index in [-0.39, 0.29) is 37.9 Å². The second-order valence-corrected chi connectivity index (χ2v) is 6.05. The predicted molar refractivity (Wildman–Crippen MR) is 93.0 cm³/mol. The lowest BCUT2D eigenvalue weighted by atomic mass is 10.1. The quantitative estimate of drug-likeness (QED) is 0.709. The van der Waals surface area contributed by atoms with Crippen molar-refractivity contribution in [1.29, 1.82) is 0 Å². The van der Waals surface area contributed by atoms with Gasteiger partial charge in [0.2, 0.25) is 5.91 Å². The maximum Gasteiger partial charge on any atom is 0.325 e. The maximum atomic E-state index is 12.4. The van der Waals surface area contributed by atoms with E-state index >= 15 is 0 Å². The molecule has 142 valence electrons. The molecule has 2 amide bonds. The number of benzene rings is 1. The summed E-state index contributed by atoms with van der Waals surface area (Å²) in [6.45, 7) is 1.73. The fourth-order valence-corrected chi connectivity index (χ4v) is 2.72. The molecule has 1 unspecified atom stereocenters. The minimum atomic E-state index is -1.03. The standard InChI is InChI=1S/C17H19N5O5/c1-11-17(26)22(13-4-2-3-5-14(13)27-11)7-6-15(23)18-8-12-9-21(20-19-12)10-16(24)25/h2-5,9,11H,6-8,10H2,1H3,(H,18,23)(H,24,25). The minimum absolute atomic E-state index is 0.107. The Bertz CT molecular complexity index is 865. The Hall–Kier alpha value is -3.43. The number of carbonyl (C=O) groups excluding carboxylic acids is 2. The van der Waals surface area contributed by atoms with Gasteiger partial charge >= 0.3 is 5.97 Å². The number of amides is 2. The number of nitrogens with zero attached hydrogens (tertiary/aromatic N) is 4. The Morgan fingerprint density at radius 3 is 2.89 bits per heavy atom. The Labute approximate surface area is 154 Å². The lowest BCUT2D eigenvalue weighted by Crippen LogP contribution is -2.45. The first-order valence-electron chi connectivity index (χ1n) is 8.38. The highest BCUT2D eigenvalue weighted by Crippen LogP contribution is 2.33. The van der Waals surface area contributed by atoms with Crippen LogP contribution in [0.15, 0.2) is 30.5 Å². The molecular formula is C17H19N5O5. The van der Waals surface area contributed by atoms with E-state index in [4.69, 9.17) is 9.84 Å². The van der Waals surface area contributed by atoms with Crippen molar-refractivity contribution in [1.82, 2.24) is 20.3 Å². The molecule has 1 atom stereocenters. The van der Waals surface area contributed by atoms with Gasteiger partial charge in [0.25, 0.3) is 5.91 Å². The summed E-state index contributed by atoms with van der Waals surface area (Å²) in [5, 5.41) is 18.8. The first-order valence-corrected chi connectivity index (χ1v) is 8.38. The topological polar surface area (TPSA) is 127 Å². The molecule has 1 aliphatic heterocycles. The molecule has 0 saturated heterocycles. The average Bonchev–Trinajstić information content (AvgIpc) is 3.07. The number of ether oxygens (including phenoxy) is 1. The van der Waals surface area contributed by atoms with Crippen molar-refractivity contribution in [3.05, 3.63) is 36.2 Å². The molecule has 0 spiro atoms. The molecule has 27 heavy (non-hydrogen) atoms. The van der Waals surface area contributed by atoms with Gasteiger partial charge in [-0.3, -0.25) is 14.4 Å². The summed E-state index contributed by atoms with van der Waals surface area (Å²) in [6.07, 6.45) is 0.959. The maximum absolute atomic E-state index is 12.4. The largest absolute Gasteiger partial charge is 0.480 e. The third-order valence-electron chi connectivity index (χ3n) is 3.99. The minimum Gasteiger partial charge on any atom is -0.480 e. The third-order valence-corrected chi connectivity index (χ3v) is 3.99. The van der Waals surface area contributed by atoms with E-state index in [9.17, 15) is 14.4 Å². The van der Waals surface area contributed by atoms with Gasteiger partial charge in [-0.1, -0.05) is 17.3 Å². The molecule has 2 aromatic rings. The second-order valence-electron chi connectivity index (χ2n) is 6.05. The number of carboxylic acid groups (broad SMARTS) is 1. The molecule has 0 radical (unpaired) electrons. The van der Waals surface area contributed by atoms with Crippen molar-refractivity contribution < 1.29 is 24.2 Å². The number of fused-ring (bicyclic) bond motifs is 1. The lowest BCUT2D eigenvalue weighted by molar-refractivity contribution is -0.138. The Kier molecular flexibility index (Phi) is 5.34. The number of rotatable bonds is 7. The van der Waals surface area contributed by atoms with Crippen molar-refractivity contribution in [3.8, 4) is 5.75 Å². The van der Waals surface area contributed by atoms with E-state index in [1.165, 1.54) is 10.9 Å². The number of hydrogen-bond acceptors (Lipinski definition) is 6. The highest BCUT2D eigenvalue weighted by Gasteiger charge is 2.31. The van der Waals surface area contributed by atoms with Crippen molar-refractivity contribution >= 4 is 23.5 Å². The van der Waals surface area contributed by atoms with E-state index in [2.05, 4.69) is 15.6 Å². The van der Waals surface area contributed by atoms with Gasteiger partial charge < -0.3 is 20.1 Å². The predicted octanol–water partition coefficient (Wildman–Crippen LogP) is 0.183. The summed E-state index contributed by atoms with van der Waals surface area (Å²) >= 11 is 0. The van der Waals surface area contributed by atoms with Gasteiger partial charge in [-0.05, 0) is 19.1 Å². The highest BCUT2D eigenvalue weighted by molar-refractivity contribution is 6.00. The third kappa shape index (κ3) is 4.40. The lowest BCUT2D eigenvalue weighted by Gasteiger charge is -2.32. The molecule has 0 fully saturated rings. The van der Waals surface area contributed by atoms with Gasteiger partial charge in [-0.15, -0.1) is 5.10 Å². The molecule has 2 N–H and O–H groups in total. The Morgan fingerprint density at radius 2 is 2.11 bits per heavy atom. The van der Waals surface area contributed by atoms with Gasteiger partial charge in [0.1, 0.15) is 18.0 Å². The summed E-state index contributed by atoms with van der Waals surface area (Å²) in [4.78, 5) is 36.7. The Balaban J connectivity index is 1.54. The molecule has 0 aliphatic carbocycles. The first kappa shape index (κ1) is 18.4. The fraction of sp³-hybridized carbons (Fsp3) is 0.353. The van der Waals surface area contributed by atoms with E-state index in [1.807, 2.05) is 6.07 Å². The van der Waals surface area contributed by atoms with Gasteiger partial charge in [-0.25, -0.2) is 4.68 Å². The molecule has 10 heteroatoms. The average molecular weight is 373 g/mol. The molecule has 1 aromatic heterocycles. The number of hydrogen-bond donors (Lipinski definition) is 2. The van der Waals surface area contributed by atoms with Crippen molar-refractivity contribution in [2.45, 2.75) is 32.5 Å². The molecule has 0 bridgehead atoms. The zero-order valence-electron chi connectivity index (χ0n) is 14.7. The number of aliphatic carboxylic acids is 1. The molecule has 3 rings (SSSR count). The smallest absolute Gasteiger partial charge is 0.325 e. The highest BCUT2D eigenvalue weighted by atomic mass is 16.5. The number of carboxylic acids is 1. The zero-order valence-corrected chi connectivity index (χ0v) is 14.7. The van der Waals surface area contributed by atoms with Crippen LogP contribution >= 0.6 is 0 Å². The van der Waals surface area contributed by atoms with E-state index in [0.29, 0.717) is 17.1 Å². The number of para-hydroxylation sites is 2. The summed E-state index contributed by atoms with van der Waals surface area (Å²) in [5.74, 6) is -0.870. The summed E-state index contributed by atoms with van der Waals surface area (Å²) < 4.78 is 6.74. The molecule has 1 aliphatic rings. The van der Waals surface area contributed by atoms with Gasteiger partial charge in [-0.2, -0.15) is 0 Å². The summed E-state index contributed by atoms with van der Waals surface area (Å²) in [5.41, 5.74) is 1.09. The summed E-state index contributed by atoms with van der Waals surface area (Å²) in [6, 6.07) is 7.19.